The number of likely N-dealkylation sites (tertiary alicyclic amines) is 1. The second kappa shape index (κ2) is 7.13. The van der Waals surface area contributed by atoms with Gasteiger partial charge in [-0.15, -0.1) is 0 Å². The maximum absolute atomic E-state index is 10.4. The predicted octanol–water partition coefficient (Wildman–Crippen LogP) is 4.42. The standard InChI is InChI=1S/C18H26ClNO/c19-16-9-4-3-8-15(16)18(21)11-13-20-12-5-10-17(20)14-6-1-2-7-14/h3-4,8-9,14,17-18,21H,1-2,5-7,10-13H2. The lowest BCUT2D eigenvalue weighted by molar-refractivity contribution is 0.124. The molecule has 1 aliphatic carbocycles. The summed E-state index contributed by atoms with van der Waals surface area (Å²) in [6.07, 6.45) is 8.67. The quantitative estimate of drug-likeness (QED) is 0.870. The number of aliphatic hydroxyl groups is 1. The van der Waals surface area contributed by atoms with E-state index in [1.54, 1.807) is 0 Å². The number of benzene rings is 1. The molecule has 0 bridgehead atoms. The Hall–Kier alpha value is -0.570. The first-order valence-electron chi connectivity index (χ1n) is 8.42. The summed E-state index contributed by atoms with van der Waals surface area (Å²) >= 11 is 6.17. The maximum atomic E-state index is 10.4. The molecule has 1 heterocycles. The summed E-state index contributed by atoms with van der Waals surface area (Å²) in [6, 6.07) is 8.42. The molecule has 2 unspecified atom stereocenters. The second-order valence-electron chi connectivity index (χ2n) is 6.62. The maximum Gasteiger partial charge on any atom is 0.0816 e. The molecule has 1 saturated heterocycles. The lowest BCUT2D eigenvalue weighted by atomic mass is 9.95. The number of aliphatic hydroxyl groups excluding tert-OH is 1. The Bertz CT molecular complexity index is 458. The normalized spacial score (nSPS) is 25.5. The van der Waals surface area contributed by atoms with Crippen LogP contribution in [0, 0.1) is 5.92 Å². The van der Waals surface area contributed by atoms with Gasteiger partial charge >= 0.3 is 0 Å². The lowest BCUT2D eigenvalue weighted by Crippen LogP contribution is -2.35. The average molecular weight is 308 g/mol. The minimum Gasteiger partial charge on any atom is -0.388 e. The van der Waals surface area contributed by atoms with Crippen LogP contribution in [0.4, 0.5) is 0 Å². The summed E-state index contributed by atoms with van der Waals surface area (Å²) < 4.78 is 0. The van der Waals surface area contributed by atoms with Gasteiger partial charge in [-0.2, -0.15) is 0 Å². The van der Waals surface area contributed by atoms with E-state index in [-0.39, 0.29) is 0 Å². The van der Waals surface area contributed by atoms with Crippen LogP contribution in [-0.4, -0.2) is 29.1 Å². The molecular weight excluding hydrogens is 282 g/mol. The Morgan fingerprint density at radius 1 is 1.14 bits per heavy atom. The highest BCUT2D eigenvalue weighted by molar-refractivity contribution is 6.31. The van der Waals surface area contributed by atoms with Gasteiger partial charge in [-0.3, -0.25) is 0 Å². The van der Waals surface area contributed by atoms with Crippen molar-refractivity contribution < 1.29 is 5.11 Å². The van der Waals surface area contributed by atoms with Crippen molar-refractivity contribution >= 4 is 11.6 Å². The summed E-state index contributed by atoms with van der Waals surface area (Å²) in [5.41, 5.74) is 0.871. The third-order valence-corrected chi connectivity index (χ3v) is 5.66. The first kappa shape index (κ1) is 15.3. The number of rotatable bonds is 5. The smallest absolute Gasteiger partial charge is 0.0816 e. The number of hydrogen-bond acceptors (Lipinski definition) is 2. The second-order valence-corrected chi connectivity index (χ2v) is 7.02. The Kier molecular flexibility index (Phi) is 5.20. The van der Waals surface area contributed by atoms with E-state index in [1.165, 1.54) is 45.1 Å². The highest BCUT2D eigenvalue weighted by Crippen LogP contribution is 2.36. The van der Waals surface area contributed by atoms with Crippen LogP contribution in [0.3, 0.4) is 0 Å². The van der Waals surface area contributed by atoms with E-state index < -0.39 is 6.10 Å². The van der Waals surface area contributed by atoms with Crippen molar-refractivity contribution in [3.8, 4) is 0 Å². The molecule has 0 spiro atoms. The molecule has 2 fully saturated rings. The molecule has 0 radical (unpaired) electrons. The topological polar surface area (TPSA) is 23.5 Å². The van der Waals surface area contributed by atoms with Crippen LogP contribution < -0.4 is 0 Å². The van der Waals surface area contributed by atoms with Crippen molar-refractivity contribution in [2.24, 2.45) is 5.92 Å². The minimum absolute atomic E-state index is 0.441. The molecule has 2 nitrogen and oxygen atoms in total. The van der Waals surface area contributed by atoms with Gasteiger partial charge in [0.1, 0.15) is 0 Å². The van der Waals surface area contributed by atoms with Crippen LogP contribution in [-0.2, 0) is 0 Å². The molecule has 0 amide bonds. The summed E-state index contributed by atoms with van der Waals surface area (Å²) in [5.74, 6) is 0.907. The van der Waals surface area contributed by atoms with E-state index in [0.29, 0.717) is 5.02 Å². The summed E-state index contributed by atoms with van der Waals surface area (Å²) in [6.45, 7) is 2.20. The molecule has 2 atom stereocenters. The van der Waals surface area contributed by atoms with Crippen molar-refractivity contribution in [2.45, 2.75) is 57.1 Å². The zero-order valence-electron chi connectivity index (χ0n) is 12.7. The molecule has 21 heavy (non-hydrogen) atoms. The van der Waals surface area contributed by atoms with Gasteiger partial charge in [-0.05, 0) is 56.2 Å². The summed E-state index contributed by atoms with van der Waals surface area (Å²) in [4.78, 5) is 2.62. The van der Waals surface area contributed by atoms with Crippen molar-refractivity contribution in [3.05, 3.63) is 34.9 Å². The summed E-state index contributed by atoms with van der Waals surface area (Å²) in [5, 5.41) is 11.1. The molecule has 2 aliphatic rings. The average Bonchev–Trinajstić information content (AvgIpc) is 3.16. The number of halogens is 1. The third-order valence-electron chi connectivity index (χ3n) is 5.31. The predicted molar refractivity (Wildman–Crippen MR) is 87.6 cm³/mol. The molecule has 3 heteroatoms. The first-order valence-corrected chi connectivity index (χ1v) is 8.80. The zero-order valence-corrected chi connectivity index (χ0v) is 13.4. The molecule has 116 valence electrons. The Labute approximate surface area is 133 Å². The lowest BCUT2D eigenvalue weighted by Gasteiger charge is -2.30. The number of nitrogens with zero attached hydrogens (tertiary/aromatic N) is 1. The highest BCUT2D eigenvalue weighted by Gasteiger charge is 2.33. The van der Waals surface area contributed by atoms with Gasteiger partial charge in [0, 0.05) is 17.6 Å². The van der Waals surface area contributed by atoms with Crippen LogP contribution in [0.5, 0.6) is 0 Å². The van der Waals surface area contributed by atoms with E-state index in [0.717, 1.165) is 30.5 Å². The molecular formula is C18H26ClNO. The monoisotopic (exact) mass is 307 g/mol. The largest absolute Gasteiger partial charge is 0.388 e. The van der Waals surface area contributed by atoms with Gasteiger partial charge in [0.05, 0.1) is 6.10 Å². The van der Waals surface area contributed by atoms with E-state index in [2.05, 4.69) is 4.90 Å². The fourth-order valence-electron chi connectivity index (χ4n) is 4.19. The SMILES string of the molecule is OC(CCN1CCCC1C1CCCC1)c1ccccc1Cl. The van der Waals surface area contributed by atoms with Crippen LogP contribution >= 0.6 is 11.6 Å². The van der Waals surface area contributed by atoms with Crippen LogP contribution in [0.25, 0.3) is 0 Å². The van der Waals surface area contributed by atoms with Crippen molar-refractivity contribution in [3.63, 3.8) is 0 Å². The van der Waals surface area contributed by atoms with Gasteiger partial charge < -0.3 is 10.0 Å². The molecule has 3 rings (SSSR count). The molecule has 1 aromatic carbocycles. The van der Waals surface area contributed by atoms with Crippen LogP contribution in [0.15, 0.2) is 24.3 Å². The van der Waals surface area contributed by atoms with E-state index in [4.69, 9.17) is 11.6 Å². The van der Waals surface area contributed by atoms with E-state index >= 15 is 0 Å². The number of hydrogen-bond donors (Lipinski definition) is 1. The van der Waals surface area contributed by atoms with Gasteiger partial charge in [0.2, 0.25) is 0 Å². The Morgan fingerprint density at radius 3 is 2.67 bits per heavy atom. The summed E-state index contributed by atoms with van der Waals surface area (Å²) in [7, 11) is 0. The van der Waals surface area contributed by atoms with E-state index in [9.17, 15) is 5.11 Å². The van der Waals surface area contributed by atoms with Crippen molar-refractivity contribution in [1.29, 1.82) is 0 Å². The van der Waals surface area contributed by atoms with Crippen LogP contribution in [0.2, 0.25) is 5.02 Å². The minimum atomic E-state index is -0.441. The molecule has 1 saturated carbocycles. The fraction of sp³-hybridized carbons (Fsp3) is 0.667. The molecule has 0 aromatic heterocycles. The fourth-order valence-corrected chi connectivity index (χ4v) is 4.46. The molecule has 1 aromatic rings. The van der Waals surface area contributed by atoms with Gasteiger partial charge in [0.25, 0.3) is 0 Å². The highest BCUT2D eigenvalue weighted by atomic mass is 35.5. The van der Waals surface area contributed by atoms with Gasteiger partial charge in [0.15, 0.2) is 0 Å². The van der Waals surface area contributed by atoms with Crippen LogP contribution in [0.1, 0.15) is 56.6 Å². The zero-order chi connectivity index (χ0) is 14.7. The van der Waals surface area contributed by atoms with Crippen molar-refractivity contribution in [1.82, 2.24) is 4.90 Å². The Balaban J connectivity index is 1.55. The molecule has 1 N–H and O–H groups in total. The first-order chi connectivity index (χ1) is 10.3. The van der Waals surface area contributed by atoms with Crippen molar-refractivity contribution in [2.75, 3.05) is 13.1 Å². The molecule has 1 aliphatic heterocycles. The van der Waals surface area contributed by atoms with Gasteiger partial charge in [-0.25, -0.2) is 0 Å². The van der Waals surface area contributed by atoms with Gasteiger partial charge in [-0.1, -0.05) is 42.6 Å². The Morgan fingerprint density at radius 2 is 1.90 bits per heavy atom. The third kappa shape index (κ3) is 3.61. The van der Waals surface area contributed by atoms with E-state index in [1.807, 2.05) is 24.3 Å².